The van der Waals surface area contributed by atoms with Crippen molar-refractivity contribution >= 4 is 34.6 Å². The smallest absolute Gasteiger partial charge is 0.348 e. The van der Waals surface area contributed by atoms with Gasteiger partial charge in [0.2, 0.25) is 0 Å². The maximum absolute atomic E-state index is 12.2. The molecule has 0 unspecified atom stereocenters. The van der Waals surface area contributed by atoms with E-state index >= 15 is 0 Å². The molecule has 0 spiro atoms. The van der Waals surface area contributed by atoms with Crippen LogP contribution in [0.5, 0.6) is 0 Å². The quantitative estimate of drug-likeness (QED) is 0.687. The van der Waals surface area contributed by atoms with Crippen molar-refractivity contribution in [3.63, 3.8) is 0 Å². The maximum Gasteiger partial charge on any atom is 0.348 e. The first-order valence-electron chi connectivity index (χ1n) is 9.93. The molecule has 6 heteroatoms. The summed E-state index contributed by atoms with van der Waals surface area (Å²) in [5.74, 6) is -0.751. The summed E-state index contributed by atoms with van der Waals surface area (Å²) in [5, 5.41) is 2.78. The third-order valence-electron chi connectivity index (χ3n) is 4.98. The highest BCUT2D eigenvalue weighted by Crippen LogP contribution is 2.30. The fourth-order valence-corrected chi connectivity index (χ4v) is 4.72. The Bertz CT molecular complexity index is 803. The van der Waals surface area contributed by atoms with Crippen molar-refractivity contribution in [3.8, 4) is 0 Å². The van der Waals surface area contributed by atoms with E-state index < -0.39 is 5.97 Å². The predicted octanol–water partition coefficient (Wildman–Crippen LogP) is 4.66. The minimum atomic E-state index is -0.416. The molecule has 28 heavy (non-hydrogen) atoms. The number of anilines is 2. The van der Waals surface area contributed by atoms with Crippen LogP contribution in [0.4, 0.5) is 11.4 Å². The van der Waals surface area contributed by atoms with Gasteiger partial charge < -0.3 is 15.0 Å². The van der Waals surface area contributed by atoms with Crippen LogP contribution in [0.3, 0.4) is 0 Å². The second-order valence-electron chi connectivity index (χ2n) is 7.32. The molecule has 5 nitrogen and oxygen atoms in total. The molecule has 1 heterocycles. The zero-order valence-electron chi connectivity index (χ0n) is 16.8. The molecule has 150 valence electrons. The molecule has 0 fully saturated rings. The Kier molecular flexibility index (Phi) is 6.73. The lowest BCUT2D eigenvalue weighted by Crippen LogP contribution is -2.30. The Morgan fingerprint density at radius 2 is 1.89 bits per heavy atom. The molecule has 1 N–H and O–H groups in total. The van der Waals surface area contributed by atoms with Gasteiger partial charge in [-0.3, -0.25) is 4.79 Å². The average Bonchev–Trinajstić information content (AvgIpc) is 3.12. The number of nitrogens with one attached hydrogen (secondary N) is 1. The van der Waals surface area contributed by atoms with E-state index in [0.717, 1.165) is 25.1 Å². The highest BCUT2D eigenvalue weighted by molar-refractivity contribution is 7.14. The number of amides is 1. The van der Waals surface area contributed by atoms with Crippen LogP contribution in [0.1, 0.15) is 53.7 Å². The molecule has 0 atom stereocenters. The van der Waals surface area contributed by atoms with Gasteiger partial charge in [0.1, 0.15) is 4.88 Å². The molecular formula is C22H28N2O3S. The molecule has 1 amide bonds. The van der Waals surface area contributed by atoms with Gasteiger partial charge in [0.25, 0.3) is 5.91 Å². The molecule has 1 aliphatic carbocycles. The number of nitrogens with zero attached hydrogens (tertiary/aromatic N) is 1. The number of rotatable bonds is 7. The Labute approximate surface area is 170 Å². The number of hydrogen-bond donors (Lipinski definition) is 1. The van der Waals surface area contributed by atoms with Crippen molar-refractivity contribution in [2.24, 2.45) is 0 Å². The van der Waals surface area contributed by atoms with Gasteiger partial charge in [-0.25, -0.2) is 4.79 Å². The van der Waals surface area contributed by atoms with E-state index in [1.807, 2.05) is 30.3 Å². The van der Waals surface area contributed by atoms with Gasteiger partial charge in [-0.1, -0.05) is 0 Å². The number of carbonyl (C=O) groups is 2. The first-order chi connectivity index (χ1) is 13.5. The Morgan fingerprint density at radius 1 is 1.18 bits per heavy atom. The third-order valence-corrected chi connectivity index (χ3v) is 6.20. The summed E-state index contributed by atoms with van der Waals surface area (Å²) in [6, 6.07) is 10.0. The van der Waals surface area contributed by atoms with Crippen molar-refractivity contribution < 1.29 is 14.3 Å². The van der Waals surface area contributed by atoms with Crippen LogP contribution in [0.25, 0.3) is 0 Å². The van der Waals surface area contributed by atoms with Crippen molar-refractivity contribution in [1.29, 1.82) is 0 Å². The van der Waals surface area contributed by atoms with Crippen LogP contribution in [-0.4, -0.2) is 31.1 Å². The topological polar surface area (TPSA) is 58.6 Å². The van der Waals surface area contributed by atoms with Gasteiger partial charge in [-0.2, -0.15) is 0 Å². The van der Waals surface area contributed by atoms with E-state index in [-0.39, 0.29) is 12.5 Å². The summed E-state index contributed by atoms with van der Waals surface area (Å²) < 4.78 is 5.20. The van der Waals surface area contributed by atoms with Gasteiger partial charge in [0, 0.05) is 28.8 Å². The van der Waals surface area contributed by atoms with Crippen LogP contribution in [0, 0.1) is 0 Å². The zero-order chi connectivity index (χ0) is 20.1. The van der Waals surface area contributed by atoms with Crippen molar-refractivity contribution in [3.05, 3.63) is 45.6 Å². The number of aryl methyl sites for hydroxylation is 2. The van der Waals surface area contributed by atoms with E-state index in [0.29, 0.717) is 16.6 Å². The molecule has 0 radical (unpaired) electrons. The van der Waals surface area contributed by atoms with E-state index in [2.05, 4.69) is 31.0 Å². The molecule has 0 bridgehead atoms. The largest absolute Gasteiger partial charge is 0.451 e. The Morgan fingerprint density at radius 3 is 2.54 bits per heavy atom. The SMILES string of the molecule is CCN(c1ccc(NC(=O)COC(=O)c2cc3c(s2)CCCC3)cc1)C(C)C. The molecule has 0 saturated heterocycles. The standard InChI is InChI=1S/C22H28N2O3S/c1-4-24(15(2)3)18-11-9-17(10-12-18)23-21(25)14-27-22(26)20-13-16-7-5-6-8-19(16)28-20/h9-13,15H,4-8,14H2,1-3H3,(H,23,25). The number of hydrogen-bond acceptors (Lipinski definition) is 5. The summed E-state index contributed by atoms with van der Waals surface area (Å²) in [6.07, 6.45) is 4.42. The zero-order valence-corrected chi connectivity index (χ0v) is 17.6. The van der Waals surface area contributed by atoms with Crippen LogP contribution in [-0.2, 0) is 22.4 Å². The van der Waals surface area contributed by atoms with Crippen LogP contribution in [0.15, 0.2) is 30.3 Å². The number of carbonyl (C=O) groups excluding carboxylic acids is 2. The van der Waals surface area contributed by atoms with Crippen molar-refractivity contribution in [2.45, 2.75) is 52.5 Å². The van der Waals surface area contributed by atoms with Crippen LogP contribution >= 0.6 is 11.3 Å². The van der Waals surface area contributed by atoms with Crippen molar-refractivity contribution in [2.75, 3.05) is 23.4 Å². The second kappa shape index (κ2) is 9.24. The summed E-state index contributed by atoms with van der Waals surface area (Å²) in [5.41, 5.74) is 3.06. The molecule has 0 saturated carbocycles. The van der Waals surface area contributed by atoms with Gasteiger partial charge in [-0.05, 0) is 82.3 Å². The summed E-state index contributed by atoms with van der Waals surface area (Å²) >= 11 is 1.50. The lowest BCUT2D eigenvalue weighted by atomic mass is 9.99. The highest BCUT2D eigenvalue weighted by Gasteiger charge is 2.19. The van der Waals surface area contributed by atoms with E-state index in [1.54, 1.807) is 0 Å². The van der Waals surface area contributed by atoms with E-state index in [4.69, 9.17) is 4.74 Å². The maximum atomic E-state index is 12.2. The molecular weight excluding hydrogens is 372 g/mol. The molecule has 1 aliphatic rings. The van der Waals surface area contributed by atoms with Crippen LogP contribution in [0.2, 0.25) is 0 Å². The minimum Gasteiger partial charge on any atom is -0.451 e. The number of ether oxygens (including phenoxy) is 1. The number of benzene rings is 1. The Balaban J connectivity index is 1.51. The molecule has 0 aliphatic heterocycles. The van der Waals surface area contributed by atoms with E-state index in [9.17, 15) is 9.59 Å². The van der Waals surface area contributed by atoms with Crippen molar-refractivity contribution in [1.82, 2.24) is 0 Å². The van der Waals surface area contributed by atoms with Gasteiger partial charge in [-0.15, -0.1) is 11.3 Å². The van der Waals surface area contributed by atoms with Gasteiger partial charge in [0.15, 0.2) is 6.61 Å². The summed E-state index contributed by atoms with van der Waals surface area (Å²) in [6.45, 7) is 7.06. The molecule has 3 rings (SSSR count). The number of esters is 1. The first-order valence-corrected chi connectivity index (χ1v) is 10.7. The first kappa shape index (κ1) is 20.4. The molecule has 1 aromatic carbocycles. The fraction of sp³-hybridized carbons (Fsp3) is 0.455. The lowest BCUT2D eigenvalue weighted by molar-refractivity contribution is -0.119. The predicted molar refractivity (Wildman–Crippen MR) is 114 cm³/mol. The monoisotopic (exact) mass is 400 g/mol. The second-order valence-corrected chi connectivity index (χ2v) is 8.45. The lowest BCUT2D eigenvalue weighted by Gasteiger charge is -2.27. The summed E-state index contributed by atoms with van der Waals surface area (Å²) in [4.78, 5) is 28.5. The highest BCUT2D eigenvalue weighted by atomic mass is 32.1. The average molecular weight is 401 g/mol. The Hall–Kier alpha value is -2.34. The molecule has 1 aromatic heterocycles. The van der Waals surface area contributed by atoms with Crippen LogP contribution < -0.4 is 10.2 Å². The fourth-order valence-electron chi connectivity index (χ4n) is 3.57. The normalized spacial score (nSPS) is 13.1. The third kappa shape index (κ3) is 4.93. The molecule has 2 aromatic rings. The van der Waals surface area contributed by atoms with E-state index in [1.165, 1.54) is 34.6 Å². The van der Waals surface area contributed by atoms with Gasteiger partial charge in [0.05, 0.1) is 0 Å². The number of fused-ring (bicyclic) bond motifs is 1. The minimum absolute atomic E-state index is 0.282. The summed E-state index contributed by atoms with van der Waals surface area (Å²) in [7, 11) is 0. The number of thiophene rings is 1. The van der Waals surface area contributed by atoms with Gasteiger partial charge >= 0.3 is 5.97 Å².